The van der Waals surface area contributed by atoms with Crippen molar-refractivity contribution in [3.8, 4) is 11.4 Å². The molecule has 1 aliphatic rings. The monoisotopic (exact) mass is 259 g/mol. The van der Waals surface area contributed by atoms with E-state index in [0.29, 0.717) is 5.02 Å². The van der Waals surface area contributed by atoms with Gasteiger partial charge in [0.2, 0.25) is 0 Å². The van der Waals surface area contributed by atoms with Crippen molar-refractivity contribution in [2.75, 3.05) is 0 Å². The summed E-state index contributed by atoms with van der Waals surface area (Å²) in [4.78, 5) is 9.04. The zero-order valence-electron chi connectivity index (χ0n) is 9.94. The second kappa shape index (κ2) is 4.67. The molecule has 18 heavy (non-hydrogen) atoms. The van der Waals surface area contributed by atoms with E-state index in [4.69, 9.17) is 17.3 Å². The molecule has 1 unspecified atom stereocenters. The van der Waals surface area contributed by atoms with Gasteiger partial charge in [-0.2, -0.15) is 0 Å². The second-order valence-corrected chi connectivity index (χ2v) is 5.12. The van der Waals surface area contributed by atoms with E-state index in [0.717, 1.165) is 36.3 Å². The number of aromatic nitrogens is 2. The summed E-state index contributed by atoms with van der Waals surface area (Å²) in [7, 11) is 0. The van der Waals surface area contributed by atoms with Gasteiger partial charge in [-0.05, 0) is 30.5 Å². The van der Waals surface area contributed by atoms with E-state index in [9.17, 15) is 0 Å². The minimum atomic E-state index is 0.222. The van der Waals surface area contributed by atoms with E-state index in [2.05, 4.69) is 9.97 Å². The van der Waals surface area contributed by atoms with Crippen molar-refractivity contribution in [2.45, 2.75) is 25.3 Å². The van der Waals surface area contributed by atoms with Crippen molar-refractivity contribution in [1.82, 2.24) is 9.97 Å². The van der Waals surface area contributed by atoms with Gasteiger partial charge in [-0.25, -0.2) is 9.97 Å². The number of nitrogens with zero attached hydrogens (tertiary/aromatic N) is 2. The van der Waals surface area contributed by atoms with Crippen LogP contribution in [0.15, 0.2) is 30.5 Å². The highest BCUT2D eigenvalue weighted by molar-refractivity contribution is 6.30. The van der Waals surface area contributed by atoms with Crippen LogP contribution < -0.4 is 5.73 Å². The Hall–Kier alpha value is -1.45. The summed E-state index contributed by atoms with van der Waals surface area (Å²) < 4.78 is 0. The molecule has 1 aromatic heterocycles. The number of hydrogen-bond acceptors (Lipinski definition) is 3. The molecule has 1 atom stereocenters. The van der Waals surface area contributed by atoms with E-state index in [1.54, 1.807) is 0 Å². The zero-order valence-corrected chi connectivity index (χ0v) is 10.7. The van der Waals surface area contributed by atoms with Gasteiger partial charge < -0.3 is 5.73 Å². The molecular formula is C14H14ClN3. The summed E-state index contributed by atoms with van der Waals surface area (Å²) >= 11 is 5.99. The maximum absolute atomic E-state index is 5.99. The SMILES string of the molecule is NC1CCc2cnc(-c3cccc(Cl)c3)nc2C1. The molecule has 2 N–H and O–H groups in total. The maximum atomic E-state index is 5.99. The molecule has 3 nitrogen and oxygen atoms in total. The number of halogens is 1. The highest BCUT2D eigenvalue weighted by atomic mass is 35.5. The summed E-state index contributed by atoms with van der Waals surface area (Å²) in [6, 6.07) is 7.83. The predicted molar refractivity (Wildman–Crippen MR) is 72.5 cm³/mol. The highest BCUT2D eigenvalue weighted by Crippen LogP contribution is 2.23. The lowest BCUT2D eigenvalue weighted by molar-refractivity contribution is 0.563. The molecule has 2 aromatic rings. The largest absolute Gasteiger partial charge is 0.327 e. The fraction of sp³-hybridized carbons (Fsp3) is 0.286. The van der Waals surface area contributed by atoms with Gasteiger partial charge in [-0.3, -0.25) is 0 Å². The molecule has 0 fully saturated rings. The lowest BCUT2D eigenvalue weighted by Crippen LogP contribution is -2.28. The van der Waals surface area contributed by atoms with Crippen molar-refractivity contribution in [2.24, 2.45) is 5.73 Å². The molecule has 1 aliphatic carbocycles. The quantitative estimate of drug-likeness (QED) is 0.857. The molecule has 0 saturated heterocycles. The van der Waals surface area contributed by atoms with Crippen LogP contribution in [0.2, 0.25) is 5.02 Å². The standard InChI is InChI=1S/C14H14ClN3/c15-11-3-1-2-9(6-11)14-17-8-10-4-5-12(16)7-13(10)18-14/h1-3,6,8,12H,4-5,7,16H2. The van der Waals surface area contributed by atoms with Crippen LogP contribution in [-0.2, 0) is 12.8 Å². The number of hydrogen-bond donors (Lipinski definition) is 1. The first kappa shape index (κ1) is 11.6. The third-order valence-corrected chi connectivity index (χ3v) is 3.51. The average Bonchev–Trinajstić information content (AvgIpc) is 2.38. The maximum Gasteiger partial charge on any atom is 0.159 e. The number of benzene rings is 1. The summed E-state index contributed by atoms with van der Waals surface area (Å²) in [5.41, 5.74) is 9.24. The highest BCUT2D eigenvalue weighted by Gasteiger charge is 2.17. The van der Waals surface area contributed by atoms with Crippen LogP contribution in [-0.4, -0.2) is 16.0 Å². The van der Waals surface area contributed by atoms with Crippen molar-refractivity contribution in [3.05, 3.63) is 46.7 Å². The first-order valence-corrected chi connectivity index (χ1v) is 6.46. The first-order valence-electron chi connectivity index (χ1n) is 6.08. The fourth-order valence-corrected chi connectivity index (χ4v) is 2.48. The van der Waals surface area contributed by atoms with Crippen LogP contribution in [0.1, 0.15) is 17.7 Å². The number of rotatable bonds is 1. The Kier molecular flexibility index (Phi) is 3.02. The zero-order chi connectivity index (χ0) is 12.5. The van der Waals surface area contributed by atoms with Gasteiger partial charge in [0.15, 0.2) is 5.82 Å². The van der Waals surface area contributed by atoms with Gasteiger partial charge in [0.25, 0.3) is 0 Å². The molecule has 0 saturated carbocycles. The number of aryl methyl sites for hydroxylation is 1. The van der Waals surface area contributed by atoms with Crippen molar-refractivity contribution < 1.29 is 0 Å². The number of nitrogens with two attached hydrogens (primary N) is 1. The van der Waals surface area contributed by atoms with Crippen molar-refractivity contribution >= 4 is 11.6 Å². The molecule has 92 valence electrons. The van der Waals surface area contributed by atoms with Gasteiger partial charge in [0, 0.05) is 34.9 Å². The van der Waals surface area contributed by atoms with Crippen LogP contribution >= 0.6 is 11.6 Å². The summed E-state index contributed by atoms with van der Waals surface area (Å²) in [5, 5.41) is 0.700. The number of fused-ring (bicyclic) bond motifs is 1. The van der Waals surface area contributed by atoms with E-state index in [1.807, 2.05) is 30.5 Å². The van der Waals surface area contributed by atoms with E-state index in [1.165, 1.54) is 5.56 Å². The molecule has 1 heterocycles. The minimum absolute atomic E-state index is 0.222. The minimum Gasteiger partial charge on any atom is -0.327 e. The molecule has 4 heteroatoms. The lowest BCUT2D eigenvalue weighted by atomic mass is 9.93. The normalized spacial score (nSPS) is 18.4. The van der Waals surface area contributed by atoms with Gasteiger partial charge >= 0.3 is 0 Å². The van der Waals surface area contributed by atoms with E-state index < -0.39 is 0 Å². The molecule has 0 radical (unpaired) electrons. The predicted octanol–water partition coefficient (Wildman–Crippen LogP) is 2.61. The molecular weight excluding hydrogens is 246 g/mol. The molecule has 0 amide bonds. The van der Waals surface area contributed by atoms with Crippen LogP contribution in [0.4, 0.5) is 0 Å². The van der Waals surface area contributed by atoms with E-state index in [-0.39, 0.29) is 6.04 Å². The summed E-state index contributed by atoms with van der Waals surface area (Å²) in [6.07, 6.45) is 4.76. The Bertz CT molecular complexity index is 583. The van der Waals surface area contributed by atoms with Gasteiger partial charge in [-0.15, -0.1) is 0 Å². The topological polar surface area (TPSA) is 51.8 Å². The smallest absolute Gasteiger partial charge is 0.159 e. The van der Waals surface area contributed by atoms with Gasteiger partial charge in [0.1, 0.15) is 0 Å². The second-order valence-electron chi connectivity index (χ2n) is 4.68. The van der Waals surface area contributed by atoms with Crippen LogP contribution in [0.3, 0.4) is 0 Å². The first-order chi connectivity index (χ1) is 8.72. The van der Waals surface area contributed by atoms with Crippen molar-refractivity contribution in [1.29, 1.82) is 0 Å². The van der Waals surface area contributed by atoms with Crippen molar-refractivity contribution in [3.63, 3.8) is 0 Å². The Morgan fingerprint density at radius 3 is 3.06 bits per heavy atom. The Labute approximate surface area is 111 Å². The fourth-order valence-electron chi connectivity index (χ4n) is 2.29. The third-order valence-electron chi connectivity index (χ3n) is 3.28. The molecule has 0 bridgehead atoms. The molecule has 0 spiro atoms. The Balaban J connectivity index is 2.01. The van der Waals surface area contributed by atoms with Crippen LogP contribution in [0, 0.1) is 0 Å². The van der Waals surface area contributed by atoms with Crippen LogP contribution in [0.25, 0.3) is 11.4 Å². The van der Waals surface area contributed by atoms with Gasteiger partial charge in [0.05, 0.1) is 0 Å². The summed E-state index contributed by atoms with van der Waals surface area (Å²) in [6.45, 7) is 0. The average molecular weight is 260 g/mol. The van der Waals surface area contributed by atoms with Crippen LogP contribution in [0.5, 0.6) is 0 Å². The Morgan fingerprint density at radius 1 is 1.33 bits per heavy atom. The van der Waals surface area contributed by atoms with E-state index >= 15 is 0 Å². The lowest BCUT2D eigenvalue weighted by Gasteiger charge is -2.20. The van der Waals surface area contributed by atoms with Gasteiger partial charge in [-0.1, -0.05) is 23.7 Å². The summed E-state index contributed by atoms with van der Waals surface area (Å²) in [5.74, 6) is 0.727. The molecule has 3 rings (SSSR count). The Morgan fingerprint density at radius 2 is 2.22 bits per heavy atom. The molecule has 0 aliphatic heterocycles. The molecule has 1 aromatic carbocycles. The third kappa shape index (κ3) is 2.24.